The predicted molar refractivity (Wildman–Crippen MR) is 92.6 cm³/mol. The topological polar surface area (TPSA) is 85.8 Å². The van der Waals surface area contributed by atoms with Crippen LogP contribution in [0, 0.1) is 0 Å². The molecule has 24 heavy (non-hydrogen) atoms. The van der Waals surface area contributed by atoms with E-state index in [1.165, 1.54) is 11.8 Å². The summed E-state index contributed by atoms with van der Waals surface area (Å²) in [7, 11) is 0. The van der Waals surface area contributed by atoms with E-state index in [1.807, 2.05) is 36.4 Å². The molecular formula is C15H11N5O2S2. The van der Waals surface area contributed by atoms with E-state index >= 15 is 0 Å². The molecule has 0 unspecified atom stereocenters. The fourth-order valence-corrected chi connectivity index (χ4v) is 3.98. The number of rotatable bonds is 5. The Morgan fingerprint density at radius 1 is 1.21 bits per heavy atom. The number of amides is 1. The fourth-order valence-electron chi connectivity index (χ4n) is 2.12. The van der Waals surface area contributed by atoms with Crippen LogP contribution in [-0.2, 0) is 4.79 Å². The number of hydrogen-bond acceptors (Lipinski definition) is 7. The molecule has 4 rings (SSSR count). The lowest BCUT2D eigenvalue weighted by Gasteiger charge is -2.02. The van der Waals surface area contributed by atoms with Crippen LogP contribution in [0.15, 0.2) is 57.8 Å². The molecule has 4 aromatic rings. The van der Waals surface area contributed by atoms with Crippen LogP contribution in [0.5, 0.6) is 0 Å². The van der Waals surface area contributed by atoms with E-state index < -0.39 is 0 Å². The van der Waals surface area contributed by atoms with Crippen molar-refractivity contribution < 1.29 is 9.42 Å². The largest absolute Gasteiger partial charge is 0.304 e. The Bertz CT molecular complexity index is 944. The summed E-state index contributed by atoms with van der Waals surface area (Å²) in [6.45, 7) is 0. The van der Waals surface area contributed by atoms with E-state index in [2.05, 4.69) is 20.6 Å². The van der Waals surface area contributed by atoms with Crippen molar-refractivity contribution in [1.82, 2.24) is 19.9 Å². The van der Waals surface area contributed by atoms with Gasteiger partial charge in [-0.25, -0.2) is 9.61 Å². The number of nitrogens with zero attached hydrogens (tertiary/aromatic N) is 4. The first-order valence-corrected chi connectivity index (χ1v) is 8.84. The SMILES string of the molecule is O=C(CSc1nc2ccccc2s1)Nc1nonc1-n1cccc1. The van der Waals surface area contributed by atoms with Crippen LogP contribution in [0.1, 0.15) is 0 Å². The summed E-state index contributed by atoms with van der Waals surface area (Å²) < 4.78 is 8.40. The standard InChI is InChI=1S/C15H11N5O2S2/c21-12(9-23-15-16-10-5-1-2-6-11(10)24-15)17-13-14(19-22-18-13)20-7-3-4-8-20/h1-8H,9H2,(H,17,18,21). The van der Waals surface area contributed by atoms with Crippen LogP contribution >= 0.6 is 23.1 Å². The summed E-state index contributed by atoms with van der Waals surface area (Å²) in [5.74, 6) is 0.778. The Kier molecular flexibility index (Phi) is 4.01. The molecule has 0 aliphatic heterocycles. The lowest BCUT2D eigenvalue weighted by Crippen LogP contribution is -2.15. The molecule has 9 heteroatoms. The molecule has 0 aliphatic rings. The molecule has 3 aromatic heterocycles. The molecule has 0 bridgehead atoms. The molecule has 0 radical (unpaired) electrons. The average Bonchev–Trinajstić information content (AvgIpc) is 3.32. The van der Waals surface area contributed by atoms with Crippen LogP contribution in [-0.4, -0.2) is 31.5 Å². The zero-order valence-corrected chi connectivity index (χ0v) is 13.9. The number of carbonyl (C=O) groups is 1. The van der Waals surface area contributed by atoms with Crippen molar-refractivity contribution in [2.24, 2.45) is 0 Å². The van der Waals surface area contributed by atoms with Crippen molar-refractivity contribution in [2.75, 3.05) is 11.1 Å². The molecule has 1 N–H and O–H groups in total. The predicted octanol–water partition coefficient (Wildman–Crippen LogP) is 3.20. The molecule has 3 heterocycles. The fraction of sp³-hybridized carbons (Fsp3) is 0.0667. The van der Waals surface area contributed by atoms with Crippen molar-refractivity contribution >= 4 is 45.0 Å². The maximum Gasteiger partial charge on any atom is 0.236 e. The highest BCUT2D eigenvalue weighted by Gasteiger charge is 2.15. The molecule has 120 valence electrons. The zero-order chi connectivity index (χ0) is 16.4. The van der Waals surface area contributed by atoms with Gasteiger partial charge in [0.1, 0.15) is 0 Å². The third kappa shape index (κ3) is 3.03. The molecule has 0 spiro atoms. The van der Waals surface area contributed by atoms with Gasteiger partial charge in [-0.05, 0) is 34.6 Å². The summed E-state index contributed by atoms with van der Waals surface area (Å²) in [6, 6.07) is 11.6. The monoisotopic (exact) mass is 357 g/mol. The Hall–Kier alpha value is -2.65. The maximum absolute atomic E-state index is 12.1. The number of thioether (sulfide) groups is 1. The second kappa shape index (κ2) is 6.46. The number of para-hydroxylation sites is 1. The first kappa shape index (κ1) is 14.9. The van der Waals surface area contributed by atoms with Crippen molar-refractivity contribution in [1.29, 1.82) is 0 Å². The average molecular weight is 357 g/mol. The molecular weight excluding hydrogens is 346 g/mol. The number of anilines is 1. The normalized spacial score (nSPS) is 11.0. The minimum atomic E-state index is -0.191. The minimum absolute atomic E-state index is 0.191. The summed E-state index contributed by atoms with van der Waals surface area (Å²) in [5, 5.41) is 10.3. The third-order valence-corrected chi connectivity index (χ3v) is 5.36. The van der Waals surface area contributed by atoms with E-state index in [9.17, 15) is 4.79 Å². The van der Waals surface area contributed by atoms with E-state index in [0.717, 1.165) is 14.6 Å². The lowest BCUT2D eigenvalue weighted by molar-refractivity contribution is -0.113. The molecule has 0 saturated heterocycles. The molecule has 1 aromatic carbocycles. The lowest BCUT2D eigenvalue weighted by atomic mass is 10.3. The number of carbonyl (C=O) groups excluding carboxylic acids is 1. The highest BCUT2D eigenvalue weighted by molar-refractivity contribution is 8.01. The van der Waals surface area contributed by atoms with Crippen molar-refractivity contribution in [3.05, 3.63) is 48.8 Å². The maximum atomic E-state index is 12.1. The molecule has 1 amide bonds. The van der Waals surface area contributed by atoms with Gasteiger partial charge >= 0.3 is 0 Å². The van der Waals surface area contributed by atoms with Crippen molar-refractivity contribution in [3.8, 4) is 5.82 Å². The summed E-state index contributed by atoms with van der Waals surface area (Å²) in [5.41, 5.74) is 0.945. The summed E-state index contributed by atoms with van der Waals surface area (Å²) in [4.78, 5) is 16.6. The molecule has 0 saturated carbocycles. The van der Waals surface area contributed by atoms with Crippen molar-refractivity contribution in [2.45, 2.75) is 4.34 Å². The number of hydrogen-bond donors (Lipinski definition) is 1. The van der Waals surface area contributed by atoms with Gasteiger partial charge in [-0.2, -0.15) is 0 Å². The number of aromatic nitrogens is 4. The van der Waals surface area contributed by atoms with Crippen molar-refractivity contribution in [3.63, 3.8) is 0 Å². The van der Waals surface area contributed by atoms with Gasteiger partial charge in [0.2, 0.25) is 17.5 Å². The van der Waals surface area contributed by atoms with Crippen LogP contribution in [0.3, 0.4) is 0 Å². The Morgan fingerprint density at radius 2 is 2.04 bits per heavy atom. The van der Waals surface area contributed by atoms with E-state index in [-0.39, 0.29) is 11.7 Å². The highest BCUT2D eigenvalue weighted by atomic mass is 32.2. The Labute approximate surface area is 144 Å². The minimum Gasteiger partial charge on any atom is -0.304 e. The van der Waals surface area contributed by atoms with Gasteiger partial charge in [0.25, 0.3) is 0 Å². The van der Waals surface area contributed by atoms with Gasteiger partial charge in [0.05, 0.1) is 16.0 Å². The van der Waals surface area contributed by atoms with Gasteiger partial charge in [-0.1, -0.05) is 23.9 Å². The molecule has 7 nitrogen and oxygen atoms in total. The van der Waals surface area contributed by atoms with Gasteiger partial charge in [-0.3, -0.25) is 4.79 Å². The van der Waals surface area contributed by atoms with E-state index in [1.54, 1.807) is 28.3 Å². The smallest absolute Gasteiger partial charge is 0.236 e. The van der Waals surface area contributed by atoms with Gasteiger partial charge < -0.3 is 9.88 Å². The van der Waals surface area contributed by atoms with E-state index in [4.69, 9.17) is 4.63 Å². The van der Waals surface area contributed by atoms with Gasteiger partial charge in [0, 0.05) is 12.4 Å². The highest BCUT2D eigenvalue weighted by Crippen LogP contribution is 2.29. The van der Waals surface area contributed by atoms with Gasteiger partial charge in [-0.15, -0.1) is 11.3 Å². The number of benzene rings is 1. The van der Waals surface area contributed by atoms with Crippen LogP contribution in [0.25, 0.3) is 16.0 Å². The summed E-state index contributed by atoms with van der Waals surface area (Å²) >= 11 is 2.96. The quantitative estimate of drug-likeness (QED) is 0.552. The van der Waals surface area contributed by atoms with E-state index in [0.29, 0.717) is 11.6 Å². The number of fused-ring (bicyclic) bond motifs is 1. The number of thiazole rings is 1. The Balaban J connectivity index is 1.41. The molecule has 0 fully saturated rings. The first-order valence-electron chi connectivity index (χ1n) is 7.04. The van der Waals surface area contributed by atoms with Gasteiger partial charge in [0.15, 0.2) is 4.34 Å². The van der Waals surface area contributed by atoms with Crippen LogP contribution < -0.4 is 5.32 Å². The van der Waals surface area contributed by atoms with Crippen LogP contribution in [0.4, 0.5) is 5.82 Å². The third-order valence-electron chi connectivity index (χ3n) is 3.18. The first-order chi connectivity index (χ1) is 11.8. The second-order valence-corrected chi connectivity index (χ2v) is 7.06. The molecule has 0 aliphatic carbocycles. The molecule has 0 atom stereocenters. The number of nitrogens with one attached hydrogen (secondary N) is 1. The summed E-state index contributed by atoms with van der Waals surface area (Å²) in [6.07, 6.45) is 3.59. The second-order valence-electron chi connectivity index (χ2n) is 4.81. The Morgan fingerprint density at radius 3 is 2.88 bits per heavy atom. The zero-order valence-electron chi connectivity index (χ0n) is 12.2. The van der Waals surface area contributed by atoms with Crippen LogP contribution in [0.2, 0.25) is 0 Å².